The van der Waals surface area contributed by atoms with Gasteiger partial charge in [0.15, 0.2) is 0 Å². The molecule has 0 fully saturated rings. The van der Waals surface area contributed by atoms with Crippen LogP contribution in [-0.2, 0) is 13.1 Å². The van der Waals surface area contributed by atoms with Crippen molar-refractivity contribution in [1.82, 2.24) is 9.13 Å². The monoisotopic (exact) mass is 644 g/mol. The first-order chi connectivity index (χ1) is 17.9. The summed E-state index contributed by atoms with van der Waals surface area (Å²) in [6.45, 7) is 3.00. The number of likely N-dealkylation sites (N-methyl/N-ethyl adjacent to an activating group) is 3. The number of rotatable bonds is 9. The maximum Gasteiger partial charge on any atom is 0.263 e. The average Bonchev–Trinajstić information content (AvgIpc) is 2.78. The maximum atomic E-state index is 14.0. The van der Waals surface area contributed by atoms with Crippen LogP contribution in [0.5, 0.6) is 5.88 Å². The van der Waals surface area contributed by atoms with E-state index in [1.54, 1.807) is 18.2 Å². The van der Waals surface area contributed by atoms with E-state index in [1.807, 2.05) is 42.3 Å². The maximum absolute atomic E-state index is 14.0. The fraction of sp³-hybridized carbons (Fsp3) is 0.517. The molecule has 2 heterocycles. The highest BCUT2D eigenvalue weighted by Crippen LogP contribution is 2.36. The minimum Gasteiger partial charge on any atom is -1.00 e. The van der Waals surface area contributed by atoms with Crippen LogP contribution in [0.1, 0.15) is 0 Å². The first-order valence-electron chi connectivity index (χ1n) is 13.4. The lowest BCUT2D eigenvalue weighted by molar-refractivity contribution is -0.871. The highest BCUT2D eigenvalue weighted by Gasteiger charge is 2.27. The van der Waals surface area contributed by atoms with E-state index in [4.69, 9.17) is 4.99 Å². The minimum absolute atomic E-state index is 0. The summed E-state index contributed by atoms with van der Waals surface area (Å²) in [5, 5.41) is 13.3. The molecule has 234 valence electrons. The lowest BCUT2D eigenvalue weighted by Gasteiger charge is -2.26. The zero-order valence-corrected chi connectivity index (χ0v) is 28.2. The summed E-state index contributed by atoms with van der Waals surface area (Å²) < 4.78 is 4.59. The van der Waals surface area contributed by atoms with Gasteiger partial charge in [-0.3, -0.25) is 28.5 Å². The van der Waals surface area contributed by atoms with Crippen LogP contribution in [0.3, 0.4) is 0 Å². The van der Waals surface area contributed by atoms with E-state index < -0.39 is 5.56 Å². The fourth-order valence-electron chi connectivity index (χ4n) is 4.87. The summed E-state index contributed by atoms with van der Waals surface area (Å²) in [7, 11) is 18.3. The SMILES string of the molecule is C[N+](C)(C)CCN=c1cc2c(=O)n(CC[N+](C)(C)C)c(=O)c3ccc4c(O)n(CC[N+](C)(C)C)c(=O)c1c4c3-2.[Cl-].[Cl-].[Cl-]. The molecule has 1 aromatic heterocycles. The molecule has 0 saturated heterocycles. The van der Waals surface area contributed by atoms with Crippen molar-refractivity contribution in [2.24, 2.45) is 4.99 Å². The third-order valence-corrected chi connectivity index (χ3v) is 7.21. The number of pyridine rings is 2. The van der Waals surface area contributed by atoms with Crippen molar-refractivity contribution in [2.75, 3.05) is 89.6 Å². The molecule has 4 rings (SSSR count). The number of hydrogen-bond donors (Lipinski definition) is 1. The number of aromatic nitrogens is 2. The Kier molecular flexibility index (Phi) is 11.7. The summed E-state index contributed by atoms with van der Waals surface area (Å²) in [5.74, 6) is -0.158. The number of benzene rings is 2. The third-order valence-electron chi connectivity index (χ3n) is 7.21. The van der Waals surface area contributed by atoms with E-state index in [0.717, 1.165) is 6.54 Å². The van der Waals surface area contributed by atoms with Crippen molar-refractivity contribution in [2.45, 2.75) is 13.1 Å². The van der Waals surface area contributed by atoms with Crippen molar-refractivity contribution in [1.29, 1.82) is 0 Å². The molecule has 0 bridgehead atoms. The number of quaternary nitrogens is 3. The zero-order valence-electron chi connectivity index (χ0n) is 26.0. The Balaban J connectivity index is 0.00000294. The molecule has 10 nitrogen and oxygen atoms in total. The lowest BCUT2D eigenvalue weighted by atomic mass is 9.90. The van der Waals surface area contributed by atoms with Crippen molar-refractivity contribution >= 4 is 21.5 Å². The molecule has 1 N–H and O–H groups in total. The van der Waals surface area contributed by atoms with E-state index in [2.05, 4.69) is 21.1 Å². The van der Waals surface area contributed by atoms with Crippen molar-refractivity contribution < 1.29 is 55.8 Å². The molecular weight excluding hydrogens is 603 g/mol. The van der Waals surface area contributed by atoms with Gasteiger partial charge in [0, 0.05) is 21.7 Å². The minimum atomic E-state index is -0.396. The van der Waals surface area contributed by atoms with Crippen LogP contribution < -0.4 is 59.3 Å². The Hall–Kier alpha value is -2.47. The molecule has 0 spiro atoms. The largest absolute Gasteiger partial charge is 1.00 e. The molecule has 0 saturated carbocycles. The first kappa shape index (κ1) is 37.6. The Labute approximate surface area is 265 Å². The Morgan fingerprint density at radius 1 is 0.667 bits per heavy atom. The van der Waals surface area contributed by atoms with Gasteiger partial charge in [0.2, 0.25) is 5.88 Å². The van der Waals surface area contributed by atoms with Crippen LogP contribution in [0.25, 0.3) is 32.7 Å². The van der Waals surface area contributed by atoms with Gasteiger partial charge in [0.25, 0.3) is 16.7 Å². The van der Waals surface area contributed by atoms with E-state index in [-0.39, 0.29) is 60.8 Å². The number of aromatic hydroxyl groups is 1. The van der Waals surface area contributed by atoms with E-state index in [1.165, 1.54) is 9.13 Å². The van der Waals surface area contributed by atoms with Gasteiger partial charge < -0.3 is 55.8 Å². The van der Waals surface area contributed by atoms with Gasteiger partial charge in [-0.05, 0) is 18.2 Å². The quantitative estimate of drug-likeness (QED) is 0.145. The van der Waals surface area contributed by atoms with Gasteiger partial charge in [-0.1, -0.05) is 0 Å². The van der Waals surface area contributed by atoms with Gasteiger partial charge in [0.05, 0.1) is 119 Å². The molecule has 0 atom stereocenters. The van der Waals surface area contributed by atoms with Gasteiger partial charge in [-0.25, -0.2) is 0 Å². The lowest BCUT2D eigenvalue weighted by Crippen LogP contribution is -3.00. The normalized spacial score (nSPS) is 12.9. The van der Waals surface area contributed by atoms with Crippen LogP contribution in [-0.4, -0.2) is 117 Å². The molecule has 2 aliphatic rings. The molecule has 0 unspecified atom stereocenters. The molecule has 2 aromatic rings. The fourth-order valence-corrected chi connectivity index (χ4v) is 4.87. The van der Waals surface area contributed by atoms with Crippen LogP contribution >= 0.6 is 0 Å². The standard InChI is InChI=1S/C29H42N6O4.3ClH/c1-33(2,3)15-12-30-22-18-21-23-19(26(36)31(28(21)38)13-16-34(4,5)6)10-11-20-24(23)25(22)29(39)32(27(20)37)14-17-35(7,8)9;;;/h10-11,18H,12-17H2,1-9H3;3*1H/q+2;;;/p-2. The second kappa shape index (κ2) is 13.0. The van der Waals surface area contributed by atoms with E-state index in [9.17, 15) is 19.5 Å². The smallest absolute Gasteiger partial charge is 0.263 e. The third kappa shape index (κ3) is 7.53. The van der Waals surface area contributed by atoms with Gasteiger partial charge >= 0.3 is 0 Å². The van der Waals surface area contributed by atoms with Crippen molar-refractivity contribution in [3.8, 4) is 17.0 Å². The van der Waals surface area contributed by atoms with E-state index in [0.29, 0.717) is 77.7 Å². The Bertz CT molecular complexity index is 1750. The Morgan fingerprint density at radius 3 is 1.69 bits per heavy atom. The van der Waals surface area contributed by atoms with Gasteiger partial charge in [-0.2, -0.15) is 0 Å². The summed E-state index contributed by atoms with van der Waals surface area (Å²) >= 11 is 0. The van der Waals surface area contributed by atoms with Crippen LogP contribution in [0.15, 0.2) is 37.6 Å². The predicted octanol–water partition coefficient (Wildman–Crippen LogP) is -8.61. The summed E-state index contributed by atoms with van der Waals surface area (Å²) in [4.78, 5) is 46.1. The predicted molar refractivity (Wildman–Crippen MR) is 156 cm³/mol. The molecule has 1 aromatic carbocycles. The molecule has 1 aliphatic heterocycles. The summed E-state index contributed by atoms with van der Waals surface area (Å²) in [6.07, 6.45) is 0. The van der Waals surface area contributed by atoms with E-state index >= 15 is 0 Å². The molecule has 0 amide bonds. The number of nitrogens with zero attached hydrogens (tertiary/aromatic N) is 6. The molecule has 0 radical (unpaired) electrons. The zero-order chi connectivity index (χ0) is 29.1. The second-order valence-corrected chi connectivity index (χ2v) is 13.7. The van der Waals surface area contributed by atoms with Crippen molar-refractivity contribution in [3.63, 3.8) is 0 Å². The van der Waals surface area contributed by atoms with Crippen LogP contribution in [0.2, 0.25) is 0 Å². The molecular formula is C29H43Cl3N6O4. The van der Waals surface area contributed by atoms with Crippen LogP contribution in [0.4, 0.5) is 0 Å². The summed E-state index contributed by atoms with van der Waals surface area (Å²) in [6, 6.07) is 5.02. The number of hydrogen-bond acceptors (Lipinski definition) is 5. The van der Waals surface area contributed by atoms with Gasteiger partial charge in [-0.15, -0.1) is 0 Å². The average molecular weight is 646 g/mol. The second-order valence-electron chi connectivity index (χ2n) is 13.7. The highest BCUT2D eigenvalue weighted by atomic mass is 35.5. The Morgan fingerprint density at radius 2 is 1.17 bits per heavy atom. The first-order valence-corrected chi connectivity index (χ1v) is 13.4. The number of halogens is 3. The summed E-state index contributed by atoms with van der Waals surface area (Å²) in [5.41, 5.74) is -0.375. The molecule has 1 aliphatic carbocycles. The van der Waals surface area contributed by atoms with Crippen molar-refractivity contribution in [3.05, 3.63) is 54.6 Å². The van der Waals surface area contributed by atoms with Crippen LogP contribution in [0, 0.1) is 0 Å². The molecule has 13 heteroatoms. The highest BCUT2D eigenvalue weighted by molar-refractivity contribution is 6.15. The topological polar surface area (TPSA) is 93.7 Å². The molecule has 42 heavy (non-hydrogen) atoms. The van der Waals surface area contributed by atoms with Gasteiger partial charge in [0.1, 0.15) is 0 Å².